The number of aryl methyl sites for hydroxylation is 1. The molecule has 0 aliphatic heterocycles. The molecule has 0 saturated heterocycles. The summed E-state index contributed by atoms with van der Waals surface area (Å²) in [6, 6.07) is 8.98. The smallest absolute Gasteiger partial charge is 0.0340 e. The van der Waals surface area contributed by atoms with Crippen LogP contribution in [0.4, 0.5) is 5.69 Å². The van der Waals surface area contributed by atoms with E-state index in [4.69, 9.17) is 0 Å². The van der Waals surface area contributed by atoms with Crippen LogP contribution >= 0.6 is 0 Å². The third kappa shape index (κ3) is 2.25. The fraction of sp³-hybridized carbons (Fsp3) is 0.684. The third-order valence-corrected chi connectivity index (χ3v) is 6.40. The van der Waals surface area contributed by atoms with Crippen molar-refractivity contribution >= 4 is 5.69 Å². The molecule has 1 heteroatoms. The van der Waals surface area contributed by atoms with Gasteiger partial charge in [-0.3, -0.25) is 0 Å². The van der Waals surface area contributed by atoms with Gasteiger partial charge >= 0.3 is 0 Å². The Morgan fingerprint density at radius 3 is 2.35 bits per heavy atom. The summed E-state index contributed by atoms with van der Waals surface area (Å²) in [5.74, 6) is 5.43. The zero-order chi connectivity index (χ0) is 13.5. The first-order valence-electron chi connectivity index (χ1n) is 8.58. The summed E-state index contributed by atoms with van der Waals surface area (Å²) in [7, 11) is 2.01. The fourth-order valence-corrected chi connectivity index (χ4v) is 5.72. The lowest BCUT2D eigenvalue weighted by atomic mass is 9.51. The van der Waals surface area contributed by atoms with Gasteiger partial charge < -0.3 is 5.32 Å². The highest BCUT2D eigenvalue weighted by Gasteiger charge is 2.47. The lowest BCUT2D eigenvalue weighted by molar-refractivity contribution is -0.0394. The minimum absolute atomic E-state index is 1.04. The Kier molecular flexibility index (Phi) is 3.24. The molecule has 4 aliphatic rings. The normalized spacial score (nSPS) is 38.1. The molecule has 0 amide bonds. The van der Waals surface area contributed by atoms with E-state index in [-0.39, 0.29) is 0 Å². The van der Waals surface area contributed by atoms with E-state index in [2.05, 4.69) is 29.6 Å². The molecule has 0 heterocycles. The maximum atomic E-state index is 3.26. The van der Waals surface area contributed by atoms with E-state index in [1.54, 1.807) is 32.1 Å². The second-order valence-corrected chi connectivity index (χ2v) is 7.58. The third-order valence-electron chi connectivity index (χ3n) is 6.40. The van der Waals surface area contributed by atoms with Crippen molar-refractivity contribution in [1.82, 2.24) is 0 Å². The maximum Gasteiger partial charge on any atom is 0.0340 e. The summed E-state index contributed by atoms with van der Waals surface area (Å²) in [4.78, 5) is 0. The topological polar surface area (TPSA) is 12.0 Å². The van der Waals surface area contributed by atoms with Gasteiger partial charge in [-0.25, -0.2) is 0 Å². The van der Waals surface area contributed by atoms with E-state index in [9.17, 15) is 0 Å². The summed E-state index contributed by atoms with van der Waals surface area (Å²) >= 11 is 0. The molecule has 4 bridgehead atoms. The van der Waals surface area contributed by atoms with Gasteiger partial charge in [0.05, 0.1) is 0 Å². The highest BCUT2D eigenvalue weighted by molar-refractivity contribution is 5.45. The van der Waals surface area contributed by atoms with Crippen LogP contribution in [0.5, 0.6) is 0 Å². The molecular weight excluding hydrogens is 242 g/mol. The van der Waals surface area contributed by atoms with E-state index < -0.39 is 0 Å². The molecule has 1 aromatic carbocycles. The van der Waals surface area contributed by atoms with Crippen molar-refractivity contribution in [2.24, 2.45) is 29.6 Å². The van der Waals surface area contributed by atoms with E-state index in [0.717, 1.165) is 29.6 Å². The summed E-state index contributed by atoms with van der Waals surface area (Å²) in [6.07, 6.45) is 10.5. The van der Waals surface area contributed by atoms with E-state index >= 15 is 0 Å². The number of anilines is 1. The quantitative estimate of drug-likeness (QED) is 0.833. The molecule has 4 fully saturated rings. The zero-order valence-corrected chi connectivity index (χ0v) is 12.6. The van der Waals surface area contributed by atoms with Crippen LogP contribution in [0.2, 0.25) is 0 Å². The number of hydrogen-bond donors (Lipinski definition) is 1. The predicted molar refractivity (Wildman–Crippen MR) is 84.8 cm³/mol. The Hall–Kier alpha value is -0.980. The Morgan fingerprint density at radius 2 is 1.70 bits per heavy atom. The van der Waals surface area contributed by atoms with Crippen molar-refractivity contribution in [3.8, 4) is 0 Å². The van der Waals surface area contributed by atoms with Crippen LogP contribution in [-0.2, 0) is 6.42 Å². The van der Waals surface area contributed by atoms with Crippen molar-refractivity contribution in [3.05, 3.63) is 29.8 Å². The van der Waals surface area contributed by atoms with Gasteiger partial charge in [-0.1, -0.05) is 12.1 Å². The molecule has 1 nitrogen and oxygen atoms in total. The average molecular weight is 269 g/mol. The van der Waals surface area contributed by atoms with Gasteiger partial charge in [0.2, 0.25) is 0 Å². The highest BCUT2D eigenvalue weighted by Crippen LogP contribution is 2.57. The van der Waals surface area contributed by atoms with Gasteiger partial charge in [0.1, 0.15) is 0 Å². The van der Waals surface area contributed by atoms with Crippen LogP contribution in [0.15, 0.2) is 24.3 Å². The van der Waals surface area contributed by atoms with E-state index in [0.29, 0.717) is 0 Å². The lowest BCUT2D eigenvalue weighted by Crippen LogP contribution is -2.45. The summed E-state index contributed by atoms with van der Waals surface area (Å²) in [5.41, 5.74) is 2.78. The van der Waals surface area contributed by atoms with Gasteiger partial charge in [0.25, 0.3) is 0 Å². The zero-order valence-electron chi connectivity index (χ0n) is 12.6. The molecule has 1 N–H and O–H groups in total. The first kappa shape index (κ1) is 12.7. The second-order valence-electron chi connectivity index (χ2n) is 7.58. The monoisotopic (exact) mass is 269 g/mol. The van der Waals surface area contributed by atoms with Crippen LogP contribution in [0.1, 0.15) is 44.1 Å². The summed E-state index contributed by atoms with van der Waals surface area (Å²) in [6.45, 7) is 0. The second kappa shape index (κ2) is 5.09. The van der Waals surface area contributed by atoms with Crippen molar-refractivity contribution in [2.45, 2.75) is 44.9 Å². The number of benzene rings is 1. The van der Waals surface area contributed by atoms with Crippen molar-refractivity contribution in [2.75, 3.05) is 12.4 Å². The molecule has 0 atom stereocenters. The van der Waals surface area contributed by atoms with Crippen molar-refractivity contribution in [1.29, 1.82) is 0 Å². The van der Waals surface area contributed by atoms with Gasteiger partial charge in [-0.15, -0.1) is 0 Å². The van der Waals surface area contributed by atoms with Crippen LogP contribution in [-0.4, -0.2) is 7.05 Å². The molecule has 0 spiro atoms. The SMILES string of the molecule is CNc1cccc(CCC2C3CC4CC(C3)CC2C4)c1. The molecule has 4 aliphatic carbocycles. The van der Waals surface area contributed by atoms with Crippen LogP contribution in [0.25, 0.3) is 0 Å². The Morgan fingerprint density at radius 1 is 1.00 bits per heavy atom. The number of nitrogens with one attached hydrogen (secondary N) is 1. The maximum absolute atomic E-state index is 3.26. The van der Waals surface area contributed by atoms with Crippen LogP contribution in [0.3, 0.4) is 0 Å². The largest absolute Gasteiger partial charge is 0.388 e. The minimum Gasteiger partial charge on any atom is -0.388 e. The standard InChI is InChI=1S/C19H27N/c1-20-18-4-2-3-13(12-18)5-6-19-16-8-14-7-15(10-16)11-17(19)9-14/h2-4,12,14-17,19-20H,5-11H2,1H3. The Bertz CT molecular complexity index is 450. The number of hydrogen-bond acceptors (Lipinski definition) is 1. The van der Waals surface area contributed by atoms with Gasteiger partial charge in [-0.2, -0.15) is 0 Å². The lowest BCUT2D eigenvalue weighted by Gasteiger charge is -2.54. The molecule has 1 aromatic rings. The first-order chi connectivity index (χ1) is 9.81. The summed E-state index contributed by atoms with van der Waals surface area (Å²) in [5, 5.41) is 3.26. The van der Waals surface area contributed by atoms with Crippen LogP contribution < -0.4 is 5.32 Å². The Labute approximate surface area is 123 Å². The average Bonchev–Trinajstić information content (AvgIpc) is 2.46. The van der Waals surface area contributed by atoms with Gasteiger partial charge in [-0.05, 0) is 92.2 Å². The summed E-state index contributed by atoms with van der Waals surface area (Å²) < 4.78 is 0. The molecule has 20 heavy (non-hydrogen) atoms. The molecule has 0 aromatic heterocycles. The van der Waals surface area contributed by atoms with Crippen molar-refractivity contribution < 1.29 is 0 Å². The minimum atomic E-state index is 1.04. The van der Waals surface area contributed by atoms with Crippen LogP contribution in [0, 0.1) is 29.6 Å². The van der Waals surface area contributed by atoms with Crippen molar-refractivity contribution in [3.63, 3.8) is 0 Å². The van der Waals surface area contributed by atoms with Gasteiger partial charge in [0, 0.05) is 12.7 Å². The molecular formula is C19H27N. The molecule has 0 unspecified atom stereocenters. The van der Waals surface area contributed by atoms with E-state index in [1.807, 2.05) is 7.05 Å². The molecule has 5 rings (SSSR count). The van der Waals surface area contributed by atoms with Gasteiger partial charge in [0.15, 0.2) is 0 Å². The fourth-order valence-electron chi connectivity index (χ4n) is 5.72. The molecule has 4 saturated carbocycles. The predicted octanol–water partition coefficient (Wildman–Crippen LogP) is 4.73. The molecule has 0 radical (unpaired) electrons. The Balaban J connectivity index is 1.42. The first-order valence-corrected chi connectivity index (χ1v) is 8.58. The van der Waals surface area contributed by atoms with E-state index in [1.165, 1.54) is 24.1 Å². The number of rotatable bonds is 4. The highest BCUT2D eigenvalue weighted by atomic mass is 14.8. The molecule has 108 valence electrons.